The molecule has 4 heterocycles. The first-order chi connectivity index (χ1) is 12.1. The van der Waals surface area contributed by atoms with Gasteiger partial charge < -0.3 is 5.32 Å². The molecule has 0 saturated carbocycles. The van der Waals surface area contributed by atoms with Gasteiger partial charge in [0.15, 0.2) is 0 Å². The summed E-state index contributed by atoms with van der Waals surface area (Å²) in [7, 11) is 0. The van der Waals surface area contributed by atoms with E-state index in [1.807, 2.05) is 6.07 Å². The Labute approximate surface area is 157 Å². The third kappa shape index (κ3) is 3.64. The number of amides is 1. The SMILES string of the molecule is Cc1cccc(Sc2ccc(C(=O)NC3C4CCN(CC4)C3C)s2)c1. The van der Waals surface area contributed by atoms with Crippen molar-refractivity contribution in [3.05, 3.63) is 46.8 Å². The molecule has 3 fully saturated rings. The molecular formula is C20H24N2OS2. The molecule has 0 spiro atoms. The summed E-state index contributed by atoms with van der Waals surface area (Å²) in [5.74, 6) is 0.733. The lowest BCUT2D eigenvalue weighted by Gasteiger charge is -2.49. The van der Waals surface area contributed by atoms with E-state index in [1.165, 1.54) is 36.4 Å². The second-order valence-corrected chi connectivity index (χ2v) is 9.61. The minimum Gasteiger partial charge on any atom is -0.347 e. The normalized spacial score (nSPS) is 28.1. The molecule has 2 unspecified atom stereocenters. The third-order valence-corrected chi connectivity index (χ3v) is 7.69. The summed E-state index contributed by atoms with van der Waals surface area (Å²) in [5.41, 5.74) is 1.26. The van der Waals surface area contributed by atoms with Gasteiger partial charge in [-0.3, -0.25) is 9.69 Å². The molecule has 5 heteroatoms. The van der Waals surface area contributed by atoms with Gasteiger partial charge >= 0.3 is 0 Å². The minimum atomic E-state index is 0.0895. The van der Waals surface area contributed by atoms with Crippen molar-refractivity contribution in [2.45, 2.75) is 47.9 Å². The number of nitrogens with one attached hydrogen (secondary N) is 1. The van der Waals surface area contributed by atoms with Crippen LogP contribution in [0.15, 0.2) is 45.5 Å². The van der Waals surface area contributed by atoms with Gasteiger partial charge in [-0.15, -0.1) is 11.3 Å². The second kappa shape index (κ2) is 7.14. The zero-order chi connectivity index (χ0) is 17.4. The molecule has 1 aromatic heterocycles. The third-order valence-electron chi connectivity index (χ3n) is 5.49. The first-order valence-electron chi connectivity index (χ1n) is 8.99. The van der Waals surface area contributed by atoms with Gasteiger partial charge in [-0.1, -0.05) is 29.5 Å². The van der Waals surface area contributed by atoms with Crippen molar-refractivity contribution in [1.29, 1.82) is 0 Å². The monoisotopic (exact) mass is 372 g/mol. The fraction of sp³-hybridized carbons (Fsp3) is 0.450. The van der Waals surface area contributed by atoms with Crippen LogP contribution in [-0.2, 0) is 0 Å². The number of rotatable bonds is 4. The fourth-order valence-electron chi connectivity index (χ4n) is 4.06. The van der Waals surface area contributed by atoms with Gasteiger partial charge in [0.2, 0.25) is 0 Å². The quantitative estimate of drug-likeness (QED) is 0.862. The predicted octanol–water partition coefficient (Wildman–Crippen LogP) is 4.42. The van der Waals surface area contributed by atoms with Crippen LogP contribution in [0.4, 0.5) is 0 Å². The highest BCUT2D eigenvalue weighted by Crippen LogP contribution is 2.35. The Balaban J connectivity index is 1.42. The van der Waals surface area contributed by atoms with Gasteiger partial charge in [-0.05, 0) is 70.0 Å². The molecule has 2 aromatic rings. The van der Waals surface area contributed by atoms with Gasteiger partial charge in [0, 0.05) is 17.0 Å². The highest BCUT2D eigenvalue weighted by molar-refractivity contribution is 8.01. The van der Waals surface area contributed by atoms with Gasteiger partial charge in [0.05, 0.1) is 9.09 Å². The van der Waals surface area contributed by atoms with Crippen LogP contribution < -0.4 is 5.32 Å². The summed E-state index contributed by atoms with van der Waals surface area (Å²) in [6.07, 6.45) is 2.43. The van der Waals surface area contributed by atoms with E-state index in [2.05, 4.69) is 54.4 Å². The van der Waals surface area contributed by atoms with Crippen LogP contribution >= 0.6 is 23.1 Å². The van der Waals surface area contributed by atoms with E-state index < -0.39 is 0 Å². The smallest absolute Gasteiger partial charge is 0.261 e. The van der Waals surface area contributed by atoms with Crippen LogP contribution in [0, 0.1) is 12.8 Å². The number of thiophene rings is 1. The number of fused-ring (bicyclic) bond motifs is 3. The van der Waals surface area contributed by atoms with Crippen molar-refractivity contribution in [3.63, 3.8) is 0 Å². The second-order valence-electron chi connectivity index (χ2n) is 7.15. The molecule has 5 rings (SSSR count). The zero-order valence-electron chi connectivity index (χ0n) is 14.7. The standard InChI is InChI=1S/C20H24N2OS2/c1-13-4-3-5-16(12-13)24-18-7-6-17(25-18)20(23)21-19-14(2)22-10-8-15(19)9-11-22/h3-7,12,14-15,19H,8-11H2,1-2H3,(H,21,23). The highest BCUT2D eigenvalue weighted by Gasteiger charge is 2.40. The molecule has 3 saturated heterocycles. The summed E-state index contributed by atoms with van der Waals surface area (Å²) < 4.78 is 1.16. The van der Waals surface area contributed by atoms with Crippen LogP contribution in [0.2, 0.25) is 0 Å². The predicted molar refractivity (Wildman–Crippen MR) is 105 cm³/mol. The Bertz CT molecular complexity index is 763. The highest BCUT2D eigenvalue weighted by atomic mass is 32.2. The van der Waals surface area contributed by atoms with Gasteiger partial charge in [-0.2, -0.15) is 0 Å². The summed E-state index contributed by atoms with van der Waals surface area (Å²) in [6, 6.07) is 13.3. The largest absolute Gasteiger partial charge is 0.347 e. The van der Waals surface area contributed by atoms with Crippen molar-refractivity contribution in [2.24, 2.45) is 5.92 Å². The van der Waals surface area contributed by atoms with E-state index in [9.17, 15) is 4.79 Å². The van der Waals surface area contributed by atoms with Crippen LogP contribution in [0.3, 0.4) is 0 Å². The number of hydrogen-bond donors (Lipinski definition) is 1. The van der Waals surface area contributed by atoms with Crippen LogP contribution in [0.1, 0.15) is 35.0 Å². The average molecular weight is 373 g/mol. The first kappa shape index (κ1) is 17.1. The number of benzene rings is 1. The van der Waals surface area contributed by atoms with Gasteiger partial charge in [0.1, 0.15) is 0 Å². The maximum atomic E-state index is 12.7. The van der Waals surface area contributed by atoms with Crippen molar-refractivity contribution in [3.8, 4) is 0 Å². The van der Waals surface area contributed by atoms with Crippen molar-refractivity contribution >= 4 is 29.0 Å². The van der Waals surface area contributed by atoms with Crippen LogP contribution in [-0.4, -0.2) is 36.0 Å². The average Bonchev–Trinajstić information content (AvgIpc) is 3.07. The Morgan fingerprint density at radius 1 is 1.24 bits per heavy atom. The molecule has 0 aliphatic carbocycles. The Morgan fingerprint density at radius 3 is 2.76 bits per heavy atom. The summed E-state index contributed by atoms with van der Waals surface area (Å²) in [5, 5.41) is 3.32. The van der Waals surface area contributed by atoms with Crippen molar-refractivity contribution in [2.75, 3.05) is 13.1 Å². The molecule has 3 aliphatic heterocycles. The molecule has 3 aliphatic rings. The van der Waals surface area contributed by atoms with Crippen molar-refractivity contribution in [1.82, 2.24) is 10.2 Å². The molecule has 0 radical (unpaired) electrons. The lowest BCUT2D eigenvalue weighted by molar-refractivity contribution is 0.0218. The van der Waals surface area contributed by atoms with E-state index in [4.69, 9.17) is 0 Å². The number of hydrogen-bond acceptors (Lipinski definition) is 4. The molecule has 3 nitrogen and oxygen atoms in total. The molecule has 1 N–H and O–H groups in total. The first-order valence-corrected chi connectivity index (χ1v) is 10.6. The van der Waals surface area contributed by atoms with E-state index in [0.29, 0.717) is 18.0 Å². The van der Waals surface area contributed by atoms with Crippen LogP contribution in [0.5, 0.6) is 0 Å². The topological polar surface area (TPSA) is 32.3 Å². The lowest BCUT2D eigenvalue weighted by Crippen LogP contribution is -2.62. The van der Waals surface area contributed by atoms with E-state index in [-0.39, 0.29) is 5.91 Å². The summed E-state index contributed by atoms with van der Waals surface area (Å²) in [6.45, 7) is 6.74. The zero-order valence-corrected chi connectivity index (χ0v) is 16.3. The summed E-state index contributed by atoms with van der Waals surface area (Å²) >= 11 is 3.32. The number of carbonyl (C=O) groups is 1. The molecule has 1 amide bonds. The number of aryl methyl sites for hydroxylation is 1. The number of carbonyl (C=O) groups excluding carboxylic acids is 1. The molecule has 2 bridgehead atoms. The fourth-order valence-corrected chi connectivity index (χ4v) is 6.18. The maximum Gasteiger partial charge on any atom is 0.261 e. The van der Waals surface area contributed by atoms with Crippen molar-refractivity contribution < 1.29 is 4.79 Å². The van der Waals surface area contributed by atoms with E-state index in [0.717, 1.165) is 9.09 Å². The van der Waals surface area contributed by atoms with Gasteiger partial charge in [0.25, 0.3) is 5.91 Å². The van der Waals surface area contributed by atoms with E-state index >= 15 is 0 Å². The molecular weight excluding hydrogens is 348 g/mol. The van der Waals surface area contributed by atoms with Gasteiger partial charge in [-0.25, -0.2) is 0 Å². The molecule has 2 atom stereocenters. The lowest BCUT2D eigenvalue weighted by atomic mass is 9.79. The Morgan fingerprint density at radius 2 is 2.04 bits per heavy atom. The maximum absolute atomic E-state index is 12.7. The number of piperidine rings is 3. The summed E-state index contributed by atoms with van der Waals surface area (Å²) in [4.78, 5) is 17.3. The Hall–Kier alpha value is -1.30. The molecule has 132 valence electrons. The minimum absolute atomic E-state index is 0.0895. The Kier molecular flexibility index (Phi) is 4.89. The molecule has 25 heavy (non-hydrogen) atoms. The van der Waals surface area contributed by atoms with Crippen LogP contribution in [0.25, 0.3) is 0 Å². The number of nitrogens with zero attached hydrogens (tertiary/aromatic N) is 1. The molecule has 1 aromatic carbocycles. The van der Waals surface area contributed by atoms with E-state index in [1.54, 1.807) is 23.1 Å².